The average molecular weight is 162 g/mol. The zero-order chi connectivity index (χ0) is 8.97. The first kappa shape index (κ1) is 8.91. The van der Waals surface area contributed by atoms with Crippen LogP contribution in [-0.2, 0) is 6.54 Å². The van der Waals surface area contributed by atoms with Crippen molar-refractivity contribution in [1.29, 1.82) is 0 Å². The lowest BCUT2D eigenvalue weighted by atomic mass is 10.0. The summed E-state index contributed by atoms with van der Waals surface area (Å²) in [6.07, 6.45) is 0. The van der Waals surface area contributed by atoms with Crippen LogP contribution in [0.4, 0.5) is 0 Å². The van der Waals surface area contributed by atoms with Crippen LogP contribution in [0.15, 0.2) is 28.4 Å². The predicted octanol–water partition coefficient (Wildman–Crippen LogP) is 2.89. The number of hydrogen-bond donors (Lipinski definition) is 0. The van der Waals surface area contributed by atoms with Gasteiger partial charge in [0, 0.05) is 7.05 Å². The number of hydrogen-bond acceptors (Lipinski definition) is 2. The van der Waals surface area contributed by atoms with Crippen molar-refractivity contribution in [2.75, 3.05) is 7.05 Å². The van der Waals surface area contributed by atoms with E-state index < -0.39 is 0 Å². The van der Waals surface area contributed by atoms with Gasteiger partial charge in [0.15, 0.2) is 0 Å². The highest BCUT2D eigenvalue weighted by Crippen LogP contribution is 2.13. The first-order chi connectivity index (χ1) is 5.75. The van der Waals surface area contributed by atoms with Crippen molar-refractivity contribution in [2.24, 2.45) is 10.2 Å². The maximum atomic E-state index is 3.99. The third kappa shape index (κ3) is 1.91. The van der Waals surface area contributed by atoms with Gasteiger partial charge in [-0.1, -0.05) is 18.2 Å². The fourth-order valence-electron chi connectivity index (χ4n) is 1.24. The number of rotatable bonds is 2. The van der Waals surface area contributed by atoms with E-state index in [1.165, 1.54) is 16.7 Å². The maximum absolute atomic E-state index is 3.99. The zero-order valence-electron chi connectivity index (χ0n) is 7.83. The quantitative estimate of drug-likeness (QED) is 0.597. The summed E-state index contributed by atoms with van der Waals surface area (Å²) < 4.78 is 0. The normalized spacial score (nSPS) is 10.9. The number of nitrogens with zero attached hydrogens (tertiary/aromatic N) is 2. The van der Waals surface area contributed by atoms with Gasteiger partial charge in [-0.05, 0) is 30.5 Å². The molecule has 0 aliphatic heterocycles. The molecule has 12 heavy (non-hydrogen) atoms. The van der Waals surface area contributed by atoms with E-state index in [1.54, 1.807) is 7.05 Å². The van der Waals surface area contributed by atoms with Crippen molar-refractivity contribution in [3.8, 4) is 0 Å². The van der Waals surface area contributed by atoms with Crippen LogP contribution in [0.2, 0.25) is 0 Å². The van der Waals surface area contributed by atoms with Gasteiger partial charge < -0.3 is 0 Å². The smallest absolute Gasteiger partial charge is 0.0854 e. The number of benzene rings is 1. The van der Waals surface area contributed by atoms with Gasteiger partial charge in [0.1, 0.15) is 0 Å². The third-order valence-corrected chi connectivity index (χ3v) is 2.01. The summed E-state index contributed by atoms with van der Waals surface area (Å²) in [6.45, 7) is 4.91. The van der Waals surface area contributed by atoms with E-state index in [4.69, 9.17) is 0 Å². The minimum atomic E-state index is 0.703. The van der Waals surface area contributed by atoms with Crippen LogP contribution in [0.5, 0.6) is 0 Å². The van der Waals surface area contributed by atoms with E-state index in [0.29, 0.717) is 6.54 Å². The molecule has 0 saturated carbocycles. The summed E-state index contributed by atoms with van der Waals surface area (Å²) in [5, 5.41) is 7.73. The standard InChI is InChI=1S/C10H14N2/c1-8-5-4-6-9(2)10(8)7-12-11-3/h4-6H,7H2,1-3H3. The van der Waals surface area contributed by atoms with Crippen LogP contribution < -0.4 is 0 Å². The van der Waals surface area contributed by atoms with Gasteiger partial charge >= 0.3 is 0 Å². The van der Waals surface area contributed by atoms with Crippen LogP contribution in [-0.4, -0.2) is 7.05 Å². The van der Waals surface area contributed by atoms with E-state index in [9.17, 15) is 0 Å². The van der Waals surface area contributed by atoms with Crippen LogP contribution in [0, 0.1) is 13.8 Å². The zero-order valence-corrected chi connectivity index (χ0v) is 7.83. The van der Waals surface area contributed by atoms with Crippen LogP contribution in [0.25, 0.3) is 0 Å². The van der Waals surface area contributed by atoms with Gasteiger partial charge in [0.25, 0.3) is 0 Å². The fraction of sp³-hybridized carbons (Fsp3) is 0.400. The average Bonchev–Trinajstić information content (AvgIpc) is 2.04. The van der Waals surface area contributed by atoms with Crippen molar-refractivity contribution >= 4 is 0 Å². The molecule has 0 heterocycles. The second-order valence-electron chi connectivity index (χ2n) is 2.87. The first-order valence-corrected chi connectivity index (χ1v) is 4.06. The van der Waals surface area contributed by atoms with Crippen LogP contribution in [0.3, 0.4) is 0 Å². The molecule has 0 unspecified atom stereocenters. The van der Waals surface area contributed by atoms with Gasteiger partial charge in [-0.25, -0.2) is 0 Å². The highest BCUT2D eigenvalue weighted by atomic mass is 15.1. The molecule has 0 atom stereocenters. The van der Waals surface area contributed by atoms with Crippen molar-refractivity contribution < 1.29 is 0 Å². The van der Waals surface area contributed by atoms with E-state index in [2.05, 4.69) is 42.3 Å². The van der Waals surface area contributed by atoms with E-state index in [1.807, 2.05) is 0 Å². The monoisotopic (exact) mass is 162 g/mol. The summed E-state index contributed by atoms with van der Waals surface area (Å²) in [5.41, 5.74) is 3.88. The molecule has 0 N–H and O–H groups in total. The molecule has 1 rings (SSSR count). The molecule has 0 amide bonds. The second-order valence-corrected chi connectivity index (χ2v) is 2.87. The summed E-state index contributed by atoms with van der Waals surface area (Å²) in [4.78, 5) is 0. The molecule has 0 radical (unpaired) electrons. The minimum Gasteiger partial charge on any atom is -0.197 e. The van der Waals surface area contributed by atoms with Gasteiger partial charge in [-0.3, -0.25) is 0 Å². The fourth-order valence-corrected chi connectivity index (χ4v) is 1.24. The number of aryl methyl sites for hydroxylation is 2. The molecule has 2 nitrogen and oxygen atoms in total. The molecule has 0 aromatic heterocycles. The summed E-state index contributed by atoms with van der Waals surface area (Å²) in [6, 6.07) is 6.28. The van der Waals surface area contributed by atoms with Crippen molar-refractivity contribution in [3.05, 3.63) is 34.9 Å². The van der Waals surface area contributed by atoms with Crippen LogP contribution in [0.1, 0.15) is 16.7 Å². The molecular formula is C10H14N2. The molecule has 64 valence electrons. The van der Waals surface area contributed by atoms with Crippen molar-refractivity contribution in [2.45, 2.75) is 20.4 Å². The van der Waals surface area contributed by atoms with Crippen molar-refractivity contribution in [3.63, 3.8) is 0 Å². The molecule has 0 fully saturated rings. The lowest BCUT2D eigenvalue weighted by molar-refractivity contribution is 0.916. The molecule has 2 heteroatoms. The first-order valence-electron chi connectivity index (χ1n) is 4.06. The van der Waals surface area contributed by atoms with Crippen LogP contribution >= 0.6 is 0 Å². The van der Waals surface area contributed by atoms with Gasteiger partial charge in [-0.15, -0.1) is 0 Å². The van der Waals surface area contributed by atoms with E-state index in [-0.39, 0.29) is 0 Å². The largest absolute Gasteiger partial charge is 0.197 e. The summed E-state index contributed by atoms with van der Waals surface area (Å²) in [5.74, 6) is 0. The molecule has 0 spiro atoms. The third-order valence-electron chi connectivity index (χ3n) is 2.01. The summed E-state index contributed by atoms with van der Waals surface area (Å²) in [7, 11) is 1.70. The van der Waals surface area contributed by atoms with Gasteiger partial charge in [0.2, 0.25) is 0 Å². The Hall–Kier alpha value is -1.18. The molecule has 1 aromatic rings. The maximum Gasteiger partial charge on any atom is 0.0854 e. The SMILES string of the molecule is CN=NCc1c(C)cccc1C. The molecule has 0 aliphatic carbocycles. The lowest BCUT2D eigenvalue weighted by Gasteiger charge is -2.04. The highest BCUT2D eigenvalue weighted by Gasteiger charge is 1.99. The Morgan fingerprint density at radius 1 is 1.17 bits per heavy atom. The van der Waals surface area contributed by atoms with Gasteiger partial charge in [0.05, 0.1) is 6.54 Å². The molecule has 0 aliphatic rings. The Morgan fingerprint density at radius 2 is 1.75 bits per heavy atom. The molecule has 0 bridgehead atoms. The topological polar surface area (TPSA) is 24.7 Å². The molecule has 0 saturated heterocycles. The van der Waals surface area contributed by atoms with E-state index in [0.717, 1.165) is 0 Å². The highest BCUT2D eigenvalue weighted by molar-refractivity contribution is 5.33. The summed E-state index contributed by atoms with van der Waals surface area (Å²) >= 11 is 0. The Kier molecular flexibility index (Phi) is 2.97. The predicted molar refractivity (Wildman–Crippen MR) is 50.4 cm³/mol. The Labute approximate surface area is 73.3 Å². The number of azo groups is 1. The molecular weight excluding hydrogens is 148 g/mol. The minimum absolute atomic E-state index is 0.703. The van der Waals surface area contributed by atoms with E-state index >= 15 is 0 Å². The van der Waals surface area contributed by atoms with Crippen molar-refractivity contribution in [1.82, 2.24) is 0 Å². The Morgan fingerprint density at radius 3 is 2.25 bits per heavy atom. The second kappa shape index (κ2) is 4.00. The Balaban J connectivity index is 2.96. The van der Waals surface area contributed by atoms with Gasteiger partial charge in [-0.2, -0.15) is 10.2 Å². The molecule has 1 aromatic carbocycles. The lowest BCUT2D eigenvalue weighted by Crippen LogP contribution is -1.90. The Bertz CT molecular complexity index is 270.